The lowest BCUT2D eigenvalue weighted by Gasteiger charge is -2.00. The second-order valence-electron chi connectivity index (χ2n) is 3.22. The third kappa shape index (κ3) is 3.83. The first-order valence-electron chi connectivity index (χ1n) is 4.42. The Morgan fingerprint density at radius 1 is 1.41 bits per heavy atom. The monoisotopic (exact) mass is 258 g/mol. The van der Waals surface area contributed by atoms with E-state index in [0.29, 0.717) is 0 Å². The lowest BCUT2D eigenvalue weighted by atomic mass is 10.2. The summed E-state index contributed by atoms with van der Waals surface area (Å²) >= 11 is 0. The van der Waals surface area contributed by atoms with Gasteiger partial charge in [0.15, 0.2) is 9.84 Å². The topological polar surface area (TPSA) is 111 Å². The van der Waals surface area contributed by atoms with Crippen molar-refractivity contribution < 1.29 is 12.8 Å². The average molecular weight is 258 g/mol. The molecule has 0 radical (unpaired) electrons. The number of guanidine groups is 1. The second kappa shape index (κ2) is 4.91. The molecule has 0 saturated heterocycles. The van der Waals surface area contributed by atoms with E-state index < -0.39 is 15.7 Å². The van der Waals surface area contributed by atoms with E-state index in [1.165, 1.54) is 12.1 Å². The van der Waals surface area contributed by atoms with Gasteiger partial charge in [-0.3, -0.25) is 0 Å². The molecule has 17 heavy (non-hydrogen) atoms. The molecule has 0 aromatic heterocycles. The van der Waals surface area contributed by atoms with E-state index in [1.807, 2.05) is 0 Å². The van der Waals surface area contributed by atoms with Crippen molar-refractivity contribution in [2.45, 2.75) is 4.90 Å². The molecular weight excluding hydrogens is 247 g/mol. The number of sulfone groups is 1. The van der Waals surface area contributed by atoms with Crippen LogP contribution in [0.25, 0.3) is 0 Å². The Balaban J connectivity index is 3.07. The summed E-state index contributed by atoms with van der Waals surface area (Å²) in [5.41, 5.74) is 10.1. The zero-order valence-corrected chi connectivity index (χ0v) is 9.78. The first-order valence-corrected chi connectivity index (χ1v) is 6.31. The highest BCUT2D eigenvalue weighted by Crippen LogP contribution is 2.13. The molecule has 6 nitrogen and oxygen atoms in total. The van der Waals surface area contributed by atoms with Crippen LogP contribution in [0.5, 0.6) is 0 Å². The maximum Gasteiger partial charge on any atom is 0.211 e. The predicted molar refractivity (Wildman–Crippen MR) is 62.9 cm³/mol. The summed E-state index contributed by atoms with van der Waals surface area (Å²) in [6, 6.07) is 3.46. The Bertz CT molecular complexity index is 577. The Hall–Kier alpha value is -1.96. The van der Waals surface area contributed by atoms with Crippen LogP contribution >= 0.6 is 0 Å². The molecule has 0 amide bonds. The van der Waals surface area contributed by atoms with E-state index >= 15 is 0 Å². The molecule has 1 aromatic carbocycles. The van der Waals surface area contributed by atoms with Crippen LogP contribution in [0.4, 0.5) is 4.39 Å². The number of hydrogen-bond donors (Lipinski definition) is 2. The molecule has 0 aliphatic rings. The maximum atomic E-state index is 13.4. The highest BCUT2D eigenvalue weighted by Gasteiger charge is 2.09. The Kier molecular flexibility index (Phi) is 3.79. The number of benzene rings is 1. The van der Waals surface area contributed by atoms with Crippen molar-refractivity contribution in [2.75, 3.05) is 6.26 Å². The fraction of sp³-hybridized carbons (Fsp3) is 0.111. The van der Waals surface area contributed by atoms with Gasteiger partial charge in [0.1, 0.15) is 5.82 Å². The molecule has 0 atom stereocenters. The van der Waals surface area contributed by atoms with Crippen LogP contribution < -0.4 is 11.5 Å². The molecule has 8 heteroatoms. The van der Waals surface area contributed by atoms with Crippen molar-refractivity contribution in [1.82, 2.24) is 0 Å². The van der Waals surface area contributed by atoms with Gasteiger partial charge in [-0.2, -0.15) is 5.10 Å². The Morgan fingerprint density at radius 2 is 2.06 bits per heavy atom. The Morgan fingerprint density at radius 3 is 2.53 bits per heavy atom. The number of nitrogens with zero attached hydrogens (tertiary/aromatic N) is 2. The first kappa shape index (κ1) is 13.1. The molecule has 0 unspecified atom stereocenters. The van der Waals surface area contributed by atoms with Crippen LogP contribution in [0.2, 0.25) is 0 Å². The summed E-state index contributed by atoms with van der Waals surface area (Å²) in [4.78, 5) is -0.103. The van der Waals surface area contributed by atoms with Crippen LogP contribution in [0.3, 0.4) is 0 Å². The van der Waals surface area contributed by atoms with E-state index in [9.17, 15) is 12.8 Å². The second-order valence-corrected chi connectivity index (χ2v) is 5.24. The summed E-state index contributed by atoms with van der Waals surface area (Å²) in [6.07, 6.45) is 2.08. The molecule has 0 fully saturated rings. The van der Waals surface area contributed by atoms with Crippen LogP contribution in [-0.4, -0.2) is 26.8 Å². The van der Waals surface area contributed by atoms with E-state index in [0.717, 1.165) is 18.5 Å². The zero-order valence-electron chi connectivity index (χ0n) is 8.96. The van der Waals surface area contributed by atoms with Crippen LogP contribution in [-0.2, 0) is 9.84 Å². The van der Waals surface area contributed by atoms with Gasteiger partial charge in [0.05, 0.1) is 11.1 Å². The largest absolute Gasteiger partial charge is 0.369 e. The van der Waals surface area contributed by atoms with Gasteiger partial charge in [-0.15, -0.1) is 5.10 Å². The fourth-order valence-corrected chi connectivity index (χ4v) is 1.63. The molecule has 1 aromatic rings. The van der Waals surface area contributed by atoms with Crippen LogP contribution in [0.1, 0.15) is 5.56 Å². The van der Waals surface area contributed by atoms with Crippen molar-refractivity contribution in [3.05, 3.63) is 29.6 Å². The highest BCUT2D eigenvalue weighted by atomic mass is 32.2. The molecule has 1 rings (SSSR count). The van der Waals surface area contributed by atoms with E-state index in [4.69, 9.17) is 11.5 Å². The molecule has 0 saturated carbocycles. The van der Waals surface area contributed by atoms with Gasteiger partial charge < -0.3 is 11.5 Å². The van der Waals surface area contributed by atoms with Gasteiger partial charge in [0, 0.05) is 11.8 Å². The van der Waals surface area contributed by atoms with E-state index in [2.05, 4.69) is 10.2 Å². The number of rotatable bonds is 3. The summed E-state index contributed by atoms with van der Waals surface area (Å²) < 4.78 is 35.7. The lowest BCUT2D eigenvalue weighted by molar-refractivity contribution is 0.595. The number of halogens is 1. The van der Waals surface area contributed by atoms with Gasteiger partial charge in [-0.05, 0) is 18.2 Å². The normalized spacial score (nSPS) is 11.6. The smallest absolute Gasteiger partial charge is 0.211 e. The van der Waals surface area contributed by atoms with Gasteiger partial charge in [-0.25, -0.2) is 12.8 Å². The minimum atomic E-state index is -3.43. The third-order valence-corrected chi connectivity index (χ3v) is 2.88. The number of nitrogens with two attached hydrogens (primary N) is 2. The lowest BCUT2D eigenvalue weighted by Crippen LogP contribution is -2.21. The van der Waals surface area contributed by atoms with Crippen LogP contribution in [0, 0.1) is 5.82 Å². The molecule has 0 aliphatic heterocycles. The third-order valence-electron chi connectivity index (χ3n) is 1.77. The van der Waals surface area contributed by atoms with Gasteiger partial charge in [-0.1, -0.05) is 0 Å². The average Bonchev–Trinajstić information content (AvgIpc) is 2.18. The molecule has 0 spiro atoms. The number of hydrogen-bond acceptors (Lipinski definition) is 4. The highest BCUT2D eigenvalue weighted by molar-refractivity contribution is 7.90. The minimum Gasteiger partial charge on any atom is -0.369 e. The summed E-state index contributed by atoms with van der Waals surface area (Å²) in [6.45, 7) is 0. The van der Waals surface area contributed by atoms with Gasteiger partial charge in [0.2, 0.25) is 5.96 Å². The summed E-state index contributed by atoms with van der Waals surface area (Å²) in [7, 11) is -3.43. The molecule has 92 valence electrons. The van der Waals surface area contributed by atoms with Crippen molar-refractivity contribution in [2.24, 2.45) is 21.7 Å². The predicted octanol–water partition coefficient (Wildman–Crippen LogP) is -0.164. The molecule has 0 bridgehead atoms. The van der Waals surface area contributed by atoms with Crippen LogP contribution in [0.15, 0.2) is 33.3 Å². The first-order chi connectivity index (χ1) is 7.80. The van der Waals surface area contributed by atoms with Crippen molar-refractivity contribution in [3.8, 4) is 0 Å². The zero-order chi connectivity index (χ0) is 13.1. The van der Waals surface area contributed by atoms with E-state index in [1.54, 1.807) is 0 Å². The van der Waals surface area contributed by atoms with E-state index in [-0.39, 0.29) is 16.4 Å². The Labute approximate surface area is 97.8 Å². The van der Waals surface area contributed by atoms with Gasteiger partial charge >= 0.3 is 0 Å². The summed E-state index contributed by atoms with van der Waals surface area (Å²) in [5.74, 6) is -0.975. The van der Waals surface area contributed by atoms with Crippen molar-refractivity contribution in [1.29, 1.82) is 0 Å². The standard InChI is InChI=1S/C9H11FN4O2S/c1-17(15,16)7-3-2-6(8(10)4-7)5-13-14-9(11)12/h2-5H,1H3,(H4,11,12,14). The summed E-state index contributed by atoms with van der Waals surface area (Å²) in [5, 5.41) is 6.71. The van der Waals surface area contributed by atoms with Crippen molar-refractivity contribution >= 4 is 22.0 Å². The van der Waals surface area contributed by atoms with Crippen molar-refractivity contribution in [3.63, 3.8) is 0 Å². The molecule has 0 heterocycles. The van der Waals surface area contributed by atoms with Gasteiger partial charge in [0.25, 0.3) is 0 Å². The molecule has 4 N–H and O–H groups in total. The minimum absolute atomic E-state index is 0.0856. The maximum absolute atomic E-state index is 13.4. The molecular formula is C9H11FN4O2S. The quantitative estimate of drug-likeness (QED) is 0.445. The SMILES string of the molecule is CS(=O)(=O)c1ccc(C=NN=C(N)N)c(F)c1. The fourth-order valence-electron chi connectivity index (χ4n) is 1.00. The molecule has 0 aliphatic carbocycles.